The molecule has 2 heterocycles. The molecule has 1 aliphatic rings. The van der Waals surface area contributed by atoms with Gasteiger partial charge in [-0.25, -0.2) is 9.59 Å². The van der Waals surface area contributed by atoms with Crippen LogP contribution < -0.4 is 11.2 Å². The van der Waals surface area contributed by atoms with Gasteiger partial charge < -0.3 is 14.2 Å². The monoisotopic (exact) mass is 554 g/mol. The average Bonchev–Trinajstić information content (AvgIpc) is 3.37. The van der Waals surface area contributed by atoms with Crippen LogP contribution in [0.25, 0.3) is 0 Å². The van der Waals surface area contributed by atoms with E-state index in [0.29, 0.717) is 11.1 Å². The van der Waals surface area contributed by atoms with E-state index in [4.69, 9.17) is 14.2 Å². The molecule has 9 nitrogen and oxygen atoms in total. The molecule has 5 rings (SSSR count). The maximum atomic E-state index is 13.5. The molecule has 1 fully saturated rings. The Labute approximate surface area is 236 Å². The van der Waals surface area contributed by atoms with Crippen LogP contribution in [0.5, 0.6) is 0 Å². The highest BCUT2D eigenvalue weighted by Gasteiger charge is 2.41. The lowest BCUT2D eigenvalue weighted by Gasteiger charge is -2.21. The molecule has 0 aliphatic carbocycles. The summed E-state index contributed by atoms with van der Waals surface area (Å²) in [6, 6.07) is 25.5. The first-order chi connectivity index (χ1) is 19.8. The van der Waals surface area contributed by atoms with Crippen LogP contribution >= 0.6 is 0 Å². The lowest BCUT2D eigenvalue weighted by Crippen LogP contribution is -2.34. The summed E-state index contributed by atoms with van der Waals surface area (Å²) in [5, 5.41) is 0. The van der Waals surface area contributed by atoms with E-state index in [2.05, 4.69) is 4.98 Å². The second-order valence-corrected chi connectivity index (χ2v) is 10.0. The quantitative estimate of drug-likeness (QED) is 0.327. The largest absolute Gasteiger partial charge is 0.462 e. The molecule has 3 atom stereocenters. The Morgan fingerprint density at radius 3 is 2.15 bits per heavy atom. The minimum absolute atomic E-state index is 0.117. The van der Waals surface area contributed by atoms with Crippen molar-refractivity contribution in [2.45, 2.75) is 44.6 Å². The van der Waals surface area contributed by atoms with Gasteiger partial charge in [-0.3, -0.25) is 19.1 Å². The number of nitrogens with zero attached hydrogens (tertiary/aromatic N) is 1. The van der Waals surface area contributed by atoms with Crippen LogP contribution in [0.2, 0.25) is 0 Å². The molecule has 1 N–H and O–H groups in total. The van der Waals surface area contributed by atoms with E-state index in [1.54, 1.807) is 31.2 Å². The number of aromatic nitrogens is 2. The molecule has 4 aromatic rings. The Balaban J connectivity index is 1.38. The minimum Gasteiger partial charge on any atom is -0.462 e. The molecule has 1 saturated heterocycles. The topological polar surface area (TPSA) is 117 Å². The number of H-pyrrole nitrogens is 1. The Morgan fingerprint density at radius 1 is 0.927 bits per heavy atom. The molecule has 9 heteroatoms. The lowest BCUT2D eigenvalue weighted by molar-refractivity contribution is -0.151. The molecule has 0 unspecified atom stereocenters. The fourth-order valence-electron chi connectivity index (χ4n) is 4.84. The Bertz CT molecular complexity index is 1590. The van der Waals surface area contributed by atoms with Gasteiger partial charge in [0.05, 0.1) is 5.56 Å². The number of rotatable bonds is 8. The zero-order valence-corrected chi connectivity index (χ0v) is 22.7. The molecular formula is C32H30N2O7. The van der Waals surface area contributed by atoms with Crippen molar-refractivity contribution in [3.8, 4) is 0 Å². The summed E-state index contributed by atoms with van der Waals surface area (Å²) < 4.78 is 19.0. The highest BCUT2D eigenvalue weighted by atomic mass is 16.6. The number of aryl methyl sites for hydroxylation is 2. The van der Waals surface area contributed by atoms with Crippen LogP contribution in [-0.2, 0) is 19.0 Å². The van der Waals surface area contributed by atoms with Gasteiger partial charge in [0.2, 0.25) is 0 Å². The van der Waals surface area contributed by atoms with Gasteiger partial charge in [-0.05, 0) is 37.1 Å². The molecule has 0 saturated carbocycles. The van der Waals surface area contributed by atoms with E-state index in [-0.39, 0.29) is 13.0 Å². The van der Waals surface area contributed by atoms with Crippen LogP contribution in [0, 0.1) is 13.8 Å². The fourth-order valence-corrected chi connectivity index (χ4v) is 4.84. The first kappa shape index (κ1) is 27.8. The number of esters is 2. The molecule has 0 bridgehead atoms. The van der Waals surface area contributed by atoms with Gasteiger partial charge in [0.15, 0.2) is 0 Å². The van der Waals surface area contributed by atoms with Gasteiger partial charge in [-0.15, -0.1) is 0 Å². The van der Waals surface area contributed by atoms with E-state index in [1.807, 2.05) is 67.6 Å². The third-order valence-corrected chi connectivity index (χ3v) is 7.07. The zero-order chi connectivity index (χ0) is 28.9. The van der Waals surface area contributed by atoms with Gasteiger partial charge in [-0.1, -0.05) is 78.4 Å². The number of hydrogen-bond acceptors (Lipinski definition) is 7. The van der Waals surface area contributed by atoms with E-state index in [9.17, 15) is 19.2 Å². The summed E-state index contributed by atoms with van der Waals surface area (Å²) in [4.78, 5) is 53.2. The van der Waals surface area contributed by atoms with Crippen molar-refractivity contribution in [1.29, 1.82) is 0 Å². The van der Waals surface area contributed by atoms with Crippen LogP contribution in [0.4, 0.5) is 0 Å². The highest BCUT2D eigenvalue weighted by Crippen LogP contribution is 2.32. The van der Waals surface area contributed by atoms with Crippen molar-refractivity contribution in [1.82, 2.24) is 9.55 Å². The molecule has 41 heavy (non-hydrogen) atoms. The summed E-state index contributed by atoms with van der Waals surface area (Å²) in [7, 11) is 0. The van der Waals surface area contributed by atoms with Gasteiger partial charge in [0, 0.05) is 18.2 Å². The number of carbonyl (C=O) groups is 2. The maximum Gasteiger partial charge on any atom is 0.338 e. The summed E-state index contributed by atoms with van der Waals surface area (Å²) in [5.74, 6) is -1.73. The molecule has 0 spiro atoms. The van der Waals surface area contributed by atoms with Crippen molar-refractivity contribution in [2.75, 3.05) is 6.61 Å². The van der Waals surface area contributed by atoms with E-state index in [0.717, 1.165) is 16.7 Å². The number of ether oxygens (including phenoxy) is 3. The summed E-state index contributed by atoms with van der Waals surface area (Å²) in [6.45, 7) is 3.27. The van der Waals surface area contributed by atoms with Crippen LogP contribution in [0.15, 0.2) is 101 Å². The number of aromatic amines is 1. The molecular weight excluding hydrogens is 524 g/mol. The number of nitrogens with one attached hydrogen (secondary N) is 1. The lowest BCUT2D eigenvalue weighted by atomic mass is 9.91. The first-order valence-electron chi connectivity index (χ1n) is 13.3. The molecule has 0 amide bonds. The van der Waals surface area contributed by atoms with Gasteiger partial charge in [0.25, 0.3) is 5.56 Å². The van der Waals surface area contributed by atoms with Crippen molar-refractivity contribution in [3.05, 3.63) is 140 Å². The first-order valence-corrected chi connectivity index (χ1v) is 13.3. The van der Waals surface area contributed by atoms with Crippen LogP contribution in [0.1, 0.15) is 51.2 Å². The highest BCUT2D eigenvalue weighted by molar-refractivity contribution is 5.89. The Morgan fingerprint density at radius 2 is 1.54 bits per heavy atom. The van der Waals surface area contributed by atoms with E-state index < -0.39 is 47.5 Å². The normalized spacial score (nSPS) is 18.3. The Kier molecular flexibility index (Phi) is 8.26. The van der Waals surface area contributed by atoms with Gasteiger partial charge in [-0.2, -0.15) is 0 Å². The van der Waals surface area contributed by atoms with Crippen LogP contribution in [0.3, 0.4) is 0 Å². The van der Waals surface area contributed by atoms with Crippen molar-refractivity contribution < 1.29 is 23.8 Å². The summed E-state index contributed by atoms with van der Waals surface area (Å²) >= 11 is 0. The van der Waals surface area contributed by atoms with Gasteiger partial charge >= 0.3 is 17.6 Å². The predicted octanol–water partition coefficient (Wildman–Crippen LogP) is 4.04. The van der Waals surface area contributed by atoms with Crippen molar-refractivity contribution in [2.24, 2.45) is 0 Å². The van der Waals surface area contributed by atoms with Crippen LogP contribution in [-0.4, -0.2) is 40.3 Å². The molecule has 0 radical (unpaired) electrons. The second-order valence-electron chi connectivity index (χ2n) is 10.0. The maximum absolute atomic E-state index is 13.5. The minimum atomic E-state index is -0.857. The average molecular weight is 555 g/mol. The number of benzene rings is 3. The standard InChI is InChI=1S/C32H30N2O7/c1-20-13-15-24(16-14-20)30(36)41-25-17-27(34-18-21(2)29(35)33-32(34)38)40-26(25)19-39-31(37)28(22-9-5-3-6-10-22)23-11-7-4-8-12-23/h3-16,18,25-28H,17,19H2,1-2H3,(H,33,35,38)/t25-,26+,27-/m0/s1. The number of carbonyl (C=O) groups excluding carboxylic acids is 2. The second kappa shape index (κ2) is 12.2. The molecule has 3 aromatic carbocycles. The predicted molar refractivity (Wildman–Crippen MR) is 151 cm³/mol. The van der Waals surface area contributed by atoms with Crippen molar-refractivity contribution in [3.63, 3.8) is 0 Å². The third kappa shape index (κ3) is 6.36. The third-order valence-electron chi connectivity index (χ3n) is 7.07. The molecule has 1 aliphatic heterocycles. The zero-order valence-electron chi connectivity index (χ0n) is 22.7. The fraction of sp³-hybridized carbons (Fsp3) is 0.250. The summed E-state index contributed by atoms with van der Waals surface area (Å²) in [6.07, 6.45) is -1.01. The van der Waals surface area contributed by atoms with Crippen molar-refractivity contribution >= 4 is 11.9 Å². The molecule has 210 valence electrons. The smallest absolute Gasteiger partial charge is 0.338 e. The van der Waals surface area contributed by atoms with Gasteiger partial charge in [0.1, 0.15) is 31.0 Å². The Hall–Kier alpha value is -4.76. The van der Waals surface area contributed by atoms with E-state index >= 15 is 0 Å². The SMILES string of the molecule is Cc1ccc(C(=O)O[C@H]2C[C@@H](n3cc(C)c(=O)[nH]c3=O)O[C@@H]2COC(=O)C(c2ccccc2)c2ccccc2)cc1. The number of hydrogen-bond donors (Lipinski definition) is 1. The summed E-state index contributed by atoms with van der Waals surface area (Å²) in [5.41, 5.74) is 2.07. The molecule has 1 aromatic heterocycles. The van der Waals surface area contributed by atoms with E-state index in [1.165, 1.54) is 10.8 Å².